The van der Waals surface area contributed by atoms with Gasteiger partial charge in [0.1, 0.15) is 0 Å². The highest BCUT2D eigenvalue weighted by molar-refractivity contribution is 6.79. The van der Waals surface area contributed by atoms with Crippen LogP contribution < -0.4 is 0 Å². The first-order chi connectivity index (χ1) is 15.2. The lowest BCUT2D eigenvalue weighted by molar-refractivity contribution is 0.560. The zero-order valence-electron chi connectivity index (χ0n) is 22.9. The molecule has 0 aliphatic rings. The largest absolute Gasteiger partial charge is 0.0654 e. The summed E-state index contributed by atoms with van der Waals surface area (Å²) in [5, 5.41) is 0. The standard InChI is InChI=1S/C30H64Si/c1-5-9-13-17-18-19-20-21-22-26-30-31(27-23-14-10-6-2,28-24-15-11-7-3)29-25-16-12-8-4/h5-30H2,1-4H3. The van der Waals surface area contributed by atoms with Crippen molar-refractivity contribution in [2.45, 2.75) is 193 Å². The summed E-state index contributed by atoms with van der Waals surface area (Å²) in [7, 11) is -1.04. The summed E-state index contributed by atoms with van der Waals surface area (Å²) in [6, 6.07) is 6.68. The molecule has 0 fully saturated rings. The van der Waals surface area contributed by atoms with Gasteiger partial charge in [0.25, 0.3) is 0 Å². The van der Waals surface area contributed by atoms with Crippen LogP contribution in [0.3, 0.4) is 0 Å². The van der Waals surface area contributed by atoms with Crippen LogP contribution in [-0.2, 0) is 0 Å². The van der Waals surface area contributed by atoms with Gasteiger partial charge in [0.15, 0.2) is 0 Å². The molecule has 188 valence electrons. The van der Waals surface area contributed by atoms with Crippen molar-refractivity contribution < 1.29 is 0 Å². The Bertz CT molecular complexity index is 293. The maximum absolute atomic E-state index is 2.37. The second-order valence-corrected chi connectivity index (χ2v) is 15.9. The summed E-state index contributed by atoms with van der Waals surface area (Å²) in [6.45, 7) is 9.42. The molecule has 0 spiro atoms. The molecule has 0 bridgehead atoms. The zero-order chi connectivity index (χ0) is 22.9. The summed E-state index contributed by atoms with van der Waals surface area (Å²) in [6.07, 6.45) is 32.6. The van der Waals surface area contributed by atoms with Crippen molar-refractivity contribution in [3.05, 3.63) is 0 Å². The van der Waals surface area contributed by atoms with E-state index in [9.17, 15) is 0 Å². The maximum Gasteiger partial charge on any atom is 0.0535 e. The van der Waals surface area contributed by atoms with Crippen LogP contribution in [0.4, 0.5) is 0 Å². The molecule has 0 aromatic rings. The Kier molecular flexibility index (Phi) is 25.0. The summed E-state index contributed by atoms with van der Waals surface area (Å²) in [5.41, 5.74) is 0. The third-order valence-electron chi connectivity index (χ3n) is 7.74. The average molecular weight is 453 g/mol. The maximum atomic E-state index is 2.37. The molecule has 0 nitrogen and oxygen atoms in total. The molecule has 0 aromatic heterocycles. The molecule has 0 aromatic carbocycles. The predicted molar refractivity (Wildman–Crippen MR) is 149 cm³/mol. The number of hydrogen-bond acceptors (Lipinski definition) is 0. The van der Waals surface area contributed by atoms with Crippen molar-refractivity contribution >= 4 is 8.07 Å². The van der Waals surface area contributed by atoms with Gasteiger partial charge in [-0.15, -0.1) is 0 Å². The van der Waals surface area contributed by atoms with Crippen LogP contribution >= 0.6 is 0 Å². The van der Waals surface area contributed by atoms with E-state index in [0.29, 0.717) is 0 Å². The summed E-state index contributed by atoms with van der Waals surface area (Å²) < 4.78 is 0. The van der Waals surface area contributed by atoms with Crippen molar-refractivity contribution in [2.75, 3.05) is 0 Å². The van der Waals surface area contributed by atoms with Crippen molar-refractivity contribution in [3.8, 4) is 0 Å². The minimum absolute atomic E-state index is 1.04. The lowest BCUT2D eigenvalue weighted by Gasteiger charge is -2.33. The Morgan fingerprint density at radius 2 is 0.452 bits per heavy atom. The first-order valence-electron chi connectivity index (χ1n) is 15.2. The number of rotatable bonds is 26. The van der Waals surface area contributed by atoms with Crippen molar-refractivity contribution in [1.29, 1.82) is 0 Å². The fraction of sp³-hybridized carbons (Fsp3) is 1.00. The van der Waals surface area contributed by atoms with Gasteiger partial charge in [-0.2, -0.15) is 0 Å². The van der Waals surface area contributed by atoms with E-state index in [1.165, 1.54) is 116 Å². The third kappa shape index (κ3) is 20.5. The van der Waals surface area contributed by atoms with Crippen LogP contribution in [0.25, 0.3) is 0 Å². The Hall–Kier alpha value is 0.217. The second-order valence-electron chi connectivity index (χ2n) is 10.9. The van der Waals surface area contributed by atoms with E-state index in [0.717, 1.165) is 0 Å². The average Bonchev–Trinajstić information content (AvgIpc) is 2.78. The van der Waals surface area contributed by atoms with Crippen LogP contribution in [0.5, 0.6) is 0 Å². The van der Waals surface area contributed by atoms with Gasteiger partial charge in [0, 0.05) is 0 Å². The van der Waals surface area contributed by atoms with Crippen LogP contribution in [0.2, 0.25) is 24.2 Å². The first kappa shape index (κ1) is 31.2. The molecule has 0 N–H and O–H groups in total. The molecule has 0 radical (unpaired) electrons. The third-order valence-corrected chi connectivity index (χ3v) is 13.4. The molecule has 0 heterocycles. The normalized spacial score (nSPS) is 12.0. The molecule has 0 amide bonds. The Morgan fingerprint density at radius 3 is 0.710 bits per heavy atom. The molecule has 0 saturated carbocycles. The Morgan fingerprint density at radius 1 is 0.258 bits per heavy atom. The van der Waals surface area contributed by atoms with E-state index in [-0.39, 0.29) is 0 Å². The minimum atomic E-state index is -1.04. The molecule has 0 unspecified atom stereocenters. The van der Waals surface area contributed by atoms with Crippen LogP contribution in [0, 0.1) is 0 Å². The minimum Gasteiger partial charge on any atom is -0.0654 e. The predicted octanol–water partition coefficient (Wildman–Crippen LogP) is 12.1. The first-order valence-corrected chi connectivity index (χ1v) is 18.1. The lowest BCUT2D eigenvalue weighted by atomic mass is 10.1. The van der Waals surface area contributed by atoms with Crippen LogP contribution in [0.15, 0.2) is 0 Å². The molecule has 0 saturated heterocycles. The molecule has 0 aliphatic heterocycles. The number of unbranched alkanes of at least 4 members (excludes halogenated alkanes) is 18. The van der Waals surface area contributed by atoms with Gasteiger partial charge >= 0.3 is 0 Å². The monoisotopic (exact) mass is 452 g/mol. The summed E-state index contributed by atoms with van der Waals surface area (Å²) >= 11 is 0. The molecule has 31 heavy (non-hydrogen) atoms. The summed E-state index contributed by atoms with van der Waals surface area (Å²) in [4.78, 5) is 0. The van der Waals surface area contributed by atoms with E-state index in [2.05, 4.69) is 27.7 Å². The van der Waals surface area contributed by atoms with Gasteiger partial charge < -0.3 is 0 Å². The van der Waals surface area contributed by atoms with E-state index in [4.69, 9.17) is 0 Å². The van der Waals surface area contributed by atoms with Crippen molar-refractivity contribution in [3.63, 3.8) is 0 Å². The number of hydrogen-bond donors (Lipinski definition) is 0. The fourth-order valence-corrected chi connectivity index (χ4v) is 11.0. The van der Waals surface area contributed by atoms with Gasteiger partial charge in [-0.25, -0.2) is 0 Å². The Labute approximate surface area is 201 Å². The molecular weight excluding hydrogens is 388 g/mol. The highest BCUT2D eigenvalue weighted by Crippen LogP contribution is 2.35. The fourth-order valence-electron chi connectivity index (χ4n) is 5.52. The van der Waals surface area contributed by atoms with E-state index in [1.54, 1.807) is 49.9 Å². The van der Waals surface area contributed by atoms with E-state index >= 15 is 0 Å². The second kappa shape index (κ2) is 24.9. The molecule has 1 heteroatoms. The van der Waals surface area contributed by atoms with E-state index in [1.807, 2.05) is 0 Å². The van der Waals surface area contributed by atoms with Crippen molar-refractivity contribution in [2.24, 2.45) is 0 Å². The zero-order valence-corrected chi connectivity index (χ0v) is 23.9. The SMILES string of the molecule is CCCCCCCCCCCC[Si](CCCCCC)(CCCCCC)CCCCCC. The van der Waals surface area contributed by atoms with Crippen molar-refractivity contribution in [1.82, 2.24) is 0 Å². The van der Waals surface area contributed by atoms with Gasteiger partial charge in [-0.05, 0) is 0 Å². The quantitative estimate of drug-likeness (QED) is 0.0903. The van der Waals surface area contributed by atoms with Gasteiger partial charge in [0.05, 0.1) is 8.07 Å². The lowest BCUT2D eigenvalue weighted by Crippen LogP contribution is -2.34. The molecule has 0 rings (SSSR count). The highest BCUT2D eigenvalue weighted by atomic mass is 28.3. The van der Waals surface area contributed by atoms with Gasteiger partial charge in [-0.1, -0.05) is 193 Å². The van der Waals surface area contributed by atoms with Gasteiger partial charge in [-0.3, -0.25) is 0 Å². The molecular formula is C30H64Si. The molecule has 0 atom stereocenters. The topological polar surface area (TPSA) is 0 Å². The summed E-state index contributed by atoms with van der Waals surface area (Å²) in [5.74, 6) is 0. The van der Waals surface area contributed by atoms with Crippen LogP contribution in [0.1, 0.15) is 169 Å². The van der Waals surface area contributed by atoms with Crippen LogP contribution in [-0.4, -0.2) is 8.07 Å². The highest BCUT2D eigenvalue weighted by Gasteiger charge is 2.30. The smallest absolute Gasteiger partial charge is 0.0535 e. The molecule has 0 aliphatic carbocycles. The van der Waals surface area contributed by atoms with Gasteiger partial charge in [0.2, 0.25) is 0 Å². The van der Waals surface area contributed by atoms with E-state index < -0.39 is 8.07 Å². The Balaban J connectivity index is 4.44.